The van der Waals surface area contributed by atoms with Gasteiger partial charge in [-0.2, -0.15) is 0 Å². The lowest BCUT2D eigenvalue weighted by Gasteiger charge is -2.26. The molecule has 2 nitrogen and oxygen atoms in total. The van der Waals surface area contributed by atoms with E-state index in [1.54, 1.807) is 0 Å². The molecule has 0 heterocycles. The van der Waals surface area contributed by atoms with Crippen molar-refractivity contribution in [1.29, 1.82) is 0 Å². The van der Waals surface area contributed by atoms with E-state index in [2.05, 4.69) is 27.9 Å². The summed E-state index contributed by atoms with van der Waals surface area (Å²) in [5.74, 6) is 0.234. The minimum Gasteiger partial charge on any atom is -0.303 e. The van der Waals surface area contributed by atoms with E-state index in [9.17, 15) is 4.79 Å². The maximum atomic E-state index is 12.3. The minimum atomic E-state index is 0.234. The Balaban J connectivity index is 1.85. The number of nitrogens with zero attached hydrogens (tertiary/aromatic N) is 1. The first-order valence-electron chi connectivity index (χ1n) is 7.66. The van der Waals surface area contributed by atoms with Crippen molar-refractivity contribution in [3.05, 3.63) is 34.3 Å². The van der Waals surface area contributed by atoms with Crippen LogP contribution in [-0.2, 0) is 0 Å². The highest BCUT2D eigenvalue weighted by molar-refractivity contribution is 9.10. The second-order valence-electron chi connectivity index (χ2n) is 5.78. The van der Waals surface area contributed by atoms with Gasteiger partial charge in [0.2, 0.25) is 0 Å². The Morgan fingerprint density at radius 2 is 1.85 bits per heavy atom. The molecule has 110 valence electrons. The van der Waals surface area contributed by atoms with Gasteiger partial charge in [0.25, 0.3) is 0 Å². The van der Waals surface area contributed by atoms with Gasteiger partial charge in [-0.15, -0.1) is 0 Å². The molecule has 0 aliphatic heterocycles. The van der Waals surface area contributed by atoms with Crippen LogP contribution >= 0.6 is 15.9 Å². The van der Waals surface area contributed by atoms with Crippen LogP contribution in [0.2, 0.25) is 0 Å². The number of hydrogen-bond acceptors (Lipinski definition) is 2. The summed E-state index contributed by atoms with van der Waals surface area (Å²) in [6.07, 6.45) is 8.62. The summed E-state index contributed by atoms with van der Waals surface area (Å²) in [7, 11) is 2.17. The van der Waals surface area contributed by atoms with E-state index in [-0.39, 0.29) is 5.78 Å². The summed E-state index contributed by atoms with van der Waals surface area (Å²) in [6, 6.07) is 8.37. The van der Waals surface area contributed by atoms with Crippen LogP contribution in [0.4, 0.5) is 0 Å². The molecule has 3 heteroatoms. The predicted molar refractivity (Wildman–Crippen MR) is 87.2 cm³/mol. The molecule has 20 heavy (non-hydrogen) atoms. The molecular weight excluding hydrogens is 314 g/mol. The summed E-state index contributed by atoms with van der Waals surface area (Å²) >= 11 is 3.46. The van der Waals surface area contributed by atoms with E-state index < -0.39 is 0 Å². The van der Waals surface area contributed by atoms with Crippen molar-refractivity contribution in [2.24, 2.45) is 0 Å². The number of hydrogen-bond donors (Lipinski definition) is 0. The molecule has 0 amide bonds. The molecule has 0 radical (unpaired) electrons. The van der Waals surface area contributed by atoms with Crippen LogP contribution in [0.25, 0.3) is 0 Å². The zero-order chi connectivity index (χ0) is 14.4. The van der Waals surface area contributed by atoms with Gasteiger partial charge in [-0.05, 0) is 26.0 Å². The first kappa shape index (κ1) is 15.7. The third kappa shape index (κ3) is 4.42. The van der Waals surface area contributed by atoms with Gasteiger partial charge in [-0.3, -0.25) is 4.79 Å². The maximum absolute atomic E-state index is 12.3. The zero-order valence-corrected chi connectivity index (χ0v) is 13.9. The maximum Gasteiger partial charge on any atom is 0.165 e. The van der Waals surface area contributed by atoms with Crippen molar-refractivity contribution < 1.29 is 4.79 Å². The SMILES string of the molecule is CN(CCC(=O)c1ccccc1Br)C1CCCCCC1. The van der Waals surface area contributed by atoms with Gasteiger partial charge in [0.05, 0.1) is 0 Å². The number of halogens is 1. The van der Waals surface area contributed by atoms with Crippen LogP contribution in [0.3, 0.4) is 0 Å². The molecule has 0 saturated heterocycles. The Morgan fingerprint density at radius 1 is 1.20 bits per heavy atom. The Kier molecular flexibility index (Phi) is 6.24. The summed E-state index contributed by atoms with van der Waals surface area (Å²) in [4.78, 5) is 14.7. The molecule has 1 fully saturated rings. The minimum absolute atomic E-state index is 0.234. The third-order valence-corrected chi connectivity index (χ3v) is 5.01. The smallest absolute Gasteiger partial charge is 0.165 e. The molecule has 0 N–H and O–H groups in total. The van der Waals surface area contributed by atoms with Crippen LogP contribution in [0.5, 0.6) is 0 Å². The van der Waals surface area contributed by atoms with E-state index in [1.807, 2.05) is 24.3 Å². The van der Waals surface area contributed by atoms with E-state index in [0.717, 1.165) is 16.6 Å². The molecule has 1 aromatic rings. The largest absolute Gasteiger partial charge is 0.303 e. The molecule has 0 atom stereocenters. The summed E-state index contributed by atoms with van der Waals surface area (Å²) < 4.78 is 0.905. The van der Waals surface area contributed by atoms with Crippen molar-refractivity contribution in [3.63, 3.8) is 0 Å². The van der Waals surface area contributed by atoms with Crippen LogP contribution in [0, 0.1) is 0 Å². The quantitative estimate of drug-likeness (QED) is 0.574. The number of carbonyl (C=O) groups is 1. The van der Waals surface area contributed by atoms with Gasteiger partial charge in [0.15, 0.2) is 5.78 Å². The van der Waals surface area contributed by atoms with E-state index >= 15 is 0 Å². The van der Waals surface area contributed by atoms with E-state index in [0.29, 0.717) is 12.5 Å². The highest BCUT2D eigenvalue weighted by atomic mass is 79.9. The van der Waals surface area contributed by atoms with Gasteiger partial charge in [0.1, 0.15) is 0 Å². The average Bonchev–Trinajstić information content (AvgIpc) is 2.74. The lowest BCUT2D eigenvalue weighted by atomic mass is 10.1. The molecular formula is C17H24BrNO. The highest BCUT2D eigenvalue weighted by Crippen LogP contribution is 2.22. The Labute approximate surface area is 130 Å². The van der Waals surface area contributed by atoms with Crippen LogP contribution in [0.15, 0.2) is 28.7 Å². The summed E-state index contributed by atoms with van der Waals surface area (Å²) in [5.41, 5.74) is 0.807. The fourth-order valence-electron chi connectivity index (χ4n) is 2.98. The van der Waals surface area contributed by atoms with Crippen molar-refractivity contribution in [3.8, 4) is 0 Å². The van der Waals surface area contributed by atoms with Crippen molar-refractivity contribution in [2.75, 3.05) is 13.6 Å². The topological polar surface area (TPSA) is 20.3 Å². The highest BCUT2D eigenvalue weighted by Gasteiger charge is 2.18. The van der Waals surface area contributed by atoms with E-state index in [1.165, 1.54) is 38.5 Å². The fourth-order valence-corrected chi connectivity index (χ4v) is 3.49. The number of Topliss-reactive ketones (excluding diaryl/α,β-unsaturated/α-hetero) is 1. The molecule has 2 rings (SSSR count). The number of rotatable bonds is 5. The predicted octanol–water partition coefficient (Wildman–Crippen LogP) is 4.68. The lowest BCUT2D eigenvalue weighted by Crippen LogP contribution is -2.33. The van der Waals surface area contributed by atoms with Crippen molar-refractivity contribution in [1.82, 2.24) is 4.90 Å². The monoisotopic (exact) mass is 337 g/mol. The third-order valence-electron chi connectivity index (χ3n) is 4.31. The zero-order valence-electron chi connectivity index (χ0n) is 12.3. The van der Waals surface area contributed by atoms with Crippen molar-refractivity contribution >= 4 is 21.7 Å². The lowest BCUT2D eigenvalue weighted by molar-refractivity contribution is 0.0956. The summed E-state index contributed by atoms with van der Waals surface area (Å²) in [6.45, 7) is 0.866. The first-order chi connectivity index (χ1) is 9.68. The van der Waals surface area contributed by atoms with Crippen LogP contribution in [-0.4, -0.2) is 30.3 Å². The van der Waals surface area contributed by atoms with Crippen LogP contribution in [0.1, 0.15) is 55.3 Å². The molecule has 0 unspecified atom stereocenters. The van der Waals surface area contributed by atoms with Crippen molar-refractivity contribution in [2.45, 2.75) is 51.0 Å². The molecule has 1 saturated carbocycles. The molecule has 0 bridgehead atoms. The Morgan fingerprint density at radius 3 is 2.50 bits per heavy atom. The molecule has 1 aliphatic carbocycles. The second-order valence-corrected chi connectivity index (χ2v) is 6.63. The molecule has 0 spiro atoms. The number of ketones is 1. The average molecular weight is 338 g/mol. The molecule has 0 aromatic heterocycles. The second kappa shape index (κ2) is 7.94. The Bertz CT molecular complexity index is 438. The molecule has 1 aromatic carbocycles. The molecule has 1 aliphatic rings. The van der Waals surface area contributed by atoms with Gasteiger partial charge in [-0.1, -0.05) is 59.8 Å². The van der Waals surface area contributed by atoms with E-state index in [4.69, 9.17) is 0 Å². The standard InChI is InChI=1S/C17H24BrNO/c1-19(14-8-4-2-3-5-9-14)13-12-17(20)15-10-6-7-11-16(15)18/h6-7,10-11,14H,2-5,8-9,12-13H2,1H3. The first-order valence-corrected chi connectivity index (χ1v) is 8.46. The number of benzene rings is 1. The normalized spacial score (nSPS) is 17.1. The van der Waals surface area contributed by atoms with Gasteiger partial charge >= 0.3 is 0 Å². The van der Waals surface area contributed by atoms with Gasteiger partial charge < -0.3 is 4.90 Å². The van der Waals surface area contributed by atoms with Gasteiger partial charge in [-0.25, -0.2) is 0 Å². The van der Waals surface area contributed by atoms with Gasteiger partial charge in [0, 0.05) is 29.0 Å². The summed E-state index contributed by atoms with van der Waals surface area (Å²) in [5, 5.41) is 0. The Hall–Kier alpha value is -0.670. The number of carbonyl (C=O) groups excluding carboxylic acids is 1. The van der Waals surface area contributed by atoms with Crippen LogP contribution < -0.4 is 0 Å². The fraction of sp³-hybridized carbons (Fsp3) is 0.588.